The summed E-state index contributed by atoms with van der Waals surface area (Å²) in [6.45, 7) is 13.4. The van der Waals surface area contributed by atoms with E-state index in [1.807, 2.05) is 27.7 Å². The molecule has 112 valence electrons. The predicted molar refractivity (Wildman–Crippen MR) is 77.5 cm³/mol. The van der Waals surface area contributed by atoms with Gasteiger partial charge in [-0.25, -0.2) is 4.79 Å². The largest absolute Gasteiger partial charge is 0.458 e. The number of hydrogen-bond donors (Lipinski definition) is 0. The predicted octanol–water partition coefficient (Wildman–Crippen LogP) is 2.33. The summed E-state index contributed by atoms with van der Waals surface area (Å²) in [6, 6.07) is 0. The second-order valence-corrected chi connectivity index (χ2v) is 6.56. The Bertz CT molecular complexity index is 375. The maximum Gasteiger partial charge on any atom is 0.458 e. The Morgan fingerprint density at radius 2 is 1.90 bits per heavy atom. The van der Waals surface area contributed by atoms with Crippen molar-refractivity contribution in [3.05, 3.63) is 12.7 Å². The molecule has 0 aromatic carbocycles. The Morgan fingerprint density at radius 3 is 2.40 bits per heavy atom. The third-order valence-corrected chi connectivity index (χ3v) is 4.37. The lowest BCUT2D eigenvalue weighted by atomic mass is 9.74. The third kappa shape index (κ3) is 3.01. The molecule has 5 nitrogen and oxygen atoms in total. The summed E-state index contributed by atoms with van der Waals surface area (Å²) in [5.74, 6) is 0.418. The van der Waals surface area contributed by atoms with Gasteiger partial charge in [-0.15, -0.1) is 0 Å². The van der Waals surface area contributed by atoms with Gasteiger partial charge in [0.25, 0.3) is 0 Å². The zero-order valence-corrected chi connectivity index (χ0v) is 12.8. The number of nitrogens with zero attached hydrogens (tertiary/aromatic N) is 1. The van der Waals surface area contributed by atoms with E-state index in [4.69, 9.17) is 14.0 Å². The van der Waals surface area contributed by atoms with E-state index in [1.54, 1.807) is 11.0 Å². The van der Waals surface area contributed by atoms with E-state index >= 15 is 0 Å². The Balaban J connectivity index is 1.73. The number of rotatable bonds is 4. The van der Waals surface area contributed by atoms with Crippen LogP contribution in [0.3, 0.4) is 0 Å². The fraction of sp³-hybridized carbons (Fsp3) is 0.786. The standard InChI is InChI=1S/C14H24BNO4/c1-6-7-18-12(17)16-9-11(10-16)8-15-19-13(2,3)14(4,5)20-15/h6,11H,1,7-10H2,2-5H3. The highest BCUT2D eigenvalue weighted by Gasteiger charge is 2.52. The van der Waals surface area contributed by atoms with Crippen LogP contribution in [0.4, 0.5) is 4.79 Å². The monoisotopic (exact) mass is 281 g/mol. The molecule has 2 saturated heterocycles. The highest BCUT2D eigenvalue weighted by molar-refractivity contribution is 6.45. The van der Waals surface area contributed by atoms with E-state index in [2.05, 4.69) is 6.58 Å². The van der Waals surface area contributed by atoms with Crippen LogP contribution in [0.2, 0.25) is 6.32 Å². The topological polar surface area (TPSA) is 48.0 Å². The number of ether oxygens (including phenoxy) is 1. The van der Waals surface area contributed by atoms with Gasteiger partial charge < -0.3 is 18.9 Å². The molecular formula is C14H24BNO4. The molecule has 0 N–H and O–H groups in total. The highest BCUT2D eigenvalue weighted by Crippen LogP contribution is 2.39. The fourth-order valence-corrected chi connectivity index (χ4v) is 2.42. The van der Waals surface area contributed by atoms with Crippen molar-refractivity contribution in [3.63, 3.8) is 0 Å². The maximum atomic E-state index is 11.6. The van der Waals surface area contributed by atoms with Gasteiger partial charge in [-0.3, -0.25) is 0 Å². The lowest BCUT2D eigenvalue weighted by Gasteiger charge is -2.38. The van der Waals surface area contributed by atoms with Gasteiger partial charge >= 0.3 is 13.2 Å². The first-order valence-electron chi connectivity index (χ1n) is 7.13. The zero-order chi connectivity index (χ0) is 15.0. The van der Waals surface area contributed by atoms with Crippen molar-refractivity contribution in [1.82, 2.24) is 4.90 Å². The first kappa shape index (κ1) is 15.4. The van der Waals surface area contributed by atoms with Crippen LogP contribution >= 0.6 is 0 Å². The van der Waals surface area contributed by atoms with Gasteiger partial charge in [-0.05, 0) is 39.9 Å². The molecule has 0 unspecified atom stereocenters. The second kappa shape index (κ2) is 5.41. The smallest absolute Gasteiger partial charge is 0.445 e. The summed E-state index contributed by atoms with van der Waals surface area (Å²) in [7, 11) is -0.184. The van der Waals surface area contributed by atoms with Crippen LogP contribution in [0.5, 0.6) is 0 Å². The lowest BCUT2D eigenvalue weighted by Crippen LogP contribution is -2.51. The van der Waals surface area contributed by atoms with Crippen molar-refractivity contribution in [2.24, 2.45) is 5.92 Å². The number of hydrogen-bond acceptors (Lipinski definition) is 4. The van der Waals surface area contributed by atoms with Crippen LogP contribution in [0.15, 0.2) is 12.7 Å². The molecule has 0 radical (unpaired) electrons. The minimum atomic E-state index is -0.288. The third-order valence-electron chi connectivity index (χ3n) is 4.37. The van der Waals surface area contributed by atoms with Gasteiger partial charge in [0.05, 0.1) is 11.2 Å². The highest BCUT2D eigenvalue weighted by atomic mass is 16.7. The molecule has 0 spiro atoms. The molecule has 0 atom stereocenters. The summed E-state index contributed by atoms with van der Waals surface area (Å²) >= 11 is 0. The maximum absolute atomic E-state index is 11.6. The molecule has 6 heteroatoms. The van der Waals surface area contributed by atoms with Crippen molar-refractivity contribution in [2.45, 2.75) is 45.2 Å². The van der Waals surface area contributed by atoms with Gasteiger partial charge in [-0.2, -0.15) is 0 Å². The summed E-state index contributed by atoms with van der Waals surface area (Å²) in [6.07, 6.45) is 2.12. The molecule has 20 heavy (non-hydrogen) atoms. The average Bonchev–Trinajstić information content (AvgIpc) is 2.48. The van der Waals surface area contributed by atoms with Gasteiger partial charge in [0.2, 0.25) is 0 Å². The minimum absolute atomic E-state index is 0.184. The van der Waals surface area contributed by atoms with Crippen molar-refractivity contribution in [3.8, 4) is 0 Å². The van der Waals surface area contributed by atoms with E-state index in [9.17, 15) is 4.79 Å². The Morgan fingerprint density at radius 1 is 1.35 bits per heavy atom. The molecule has 1 amide bonds. The van der Waals surface area contributed by atoms with Gasteiger partial charge in [0, 0.05) is 13.1 Å². The van der Waals surface area contributed by atoms with Crippen LogP contribution in [-0.4, -0.2) is 49.0 Å². The normalized spacial score (nSPS) is 24.4. The molecule has 2 fully saturated rings. The van der Waals surface area contributed by atoms with Crippen LogP contribution in [-0.2, 0) is 14.0 Å². The van der Waals surface area contributed by atoms with Gasteiger partial charge in [0.15, 0.2) is 0 Å². The Labute approximate surface area is 121 Å². The minimum Gasteiger partial charge on any atom is -0.445 e. The first-order chi connectivity index (χ1) is 9.25. The van der Waals surface area contributed by atoms with E-state index in [-0.39, 0.29) is 31.0 Å². The van der Waals surface area contributed by atoms with Crippen molar-refractivity contribution >= 4 is 13.2 Å². The van der Waals surface area contributed by atoms with E-state index in [1.165, 1.54) is 0 Å². The van der Waals surface area contributed by atoms with Crippen LogP contribution < -0.4 is 0 Å². The first-order valence-corrected chi connectivity index (χ1v) is 7.13. The van der Waals surface area contributed by atoms with Crippen LogP contribution in [0, 0.1) is 5.92 Å². The molecule has 0 aromatic heterocycles. The molecule has 2 heterocycles. The summed E-state index contributed by atoms with van der Waals surface area (Å²) in [5, 5.41) is 0. The lowest BCUT2D eigenvalue weighted by molar-refractivity contribution is 0.00578. The van der Waals surface area contributed by atoms with Crippen LogP contribution in [0.1, 0.15) is 27.7 Å². The van der Waals surface area contributed by atoms with Gasteiger partial charge in [-0.1, -0.05) is 12.7 Å². The molecular weight excluding hydrogens is 257 g/mol. The second-order valence-electron chi connectivity index (χ2n) is 6.56. The van der Waals surface area contributed by atoms with E-state index < -0.39 is 0 Å². The quantitative estimate of drug-likeness (QED) is 0.586. The van der Waals surface area contributed by atoms with Crippen molar-refractivity contribution < 1.29 is 18.8 Å². The number of likely N-dealkylation sites (tertiary alicyclic amines) is 1. The average molecular weight is 281 g/mol. The molecule has 0 bridgehead atoms. The molecule has 0 saturated carbocycles. The summed E-state index contributed by atoms with van der Waals surface area (Å²) < 4.78 is 16.9. The van der Waals surface area contributed by atoms with Crippen LogP contribution in [0.25, 0.3) is 0 Å². The van der Waals surface area contributed by atoms with Crippen molar-refractivity contribution in [2.75, 3.05) is 19.7 Å². The number of carbonyl (C=O) groups excluding carboxylic acids is 1. The molecule has 2 aliphatic heterocycles. The van der Waals surface area contributed by atoms with Crippen molar-refractivity contribution in [1.29, 1.82) is 0 Å². The number of amides is 1. The van der Waals surface area contributed by atoms with E-state index in [0.29, 0.717) is 19.0 Å². The molecule has 0 aromatic rings. The van der Waals surface area contributed by atoms with Gasteiger partial charge in [0.1, 0.15) is 6.61 Å². The summed E-state index contributed by atoms with van der Waals surface area (Å²) in [4.78, 5) is 13.3. The zero-order valence-electron chi connectivity index (χ0n) is 12.8. The SMILES string of the molecule is C=CCOC(=O)N1CC(CB2OC(C)(C)C(C)(C)O2)C1. The van der Waals surface area contributed by atoms with E-state index in [0.717, 1.165) is 6.32 Å². The molecule has 2 aliphatic rings. The Hall–Kier alpha value is -1.01. The molecule has 2 rings (SSSR count). The fourth-order valence-electron chi connectivity index (χ4n) is 2.42. The summed E-state index contributed by atoms with van der Waals surface area (Å²) in [5.41, 5.74) is -0.575. The number of carbonyl (C=O) groups is 1. The molecule has 0 aliphatic carbocycles. The Kier molecular flexibility index (Phi) is 4.16.